The molecule has 1 N–H and O–H groups in total. The molecule has 1 aliphatic rings. The van der Waals surface area contributed by atoms with Crippen LogP contribution in [0.2, 0.25) is 0 Å². The highest BCUT2D eigenvalue weighted by molar-refractivity contribution is 7.87. The second-order valence-electron chi connectivity index (χ2n) is 5.10. The molecular formula is C14H18N4O4S. The van der Waals surface area contributed by atoms with E-state index < -0.39 is 10.2 Å². The third-order valence-electron chi connectivity index (χ3n) is 3.43. The van der Waals surface area contributed by atoms with Crippen LogP contribution in [0.5, 0.6) is 0 Å². The monoisotopic (exact) mass is 338 g/mol. The molecule has 0 unspecified atom stereocenters. The zero-order chi connectivity index (χ0) is 16.1. The van der Waals surface area contributed by atoms with Crippen LogP contribution in [0.3, 0.4) is 0 Å². The minimum atomic E-state index is -3.56. The van der Waals surface area contributed by atoms with E-state index in [0.717, 1.165) is 5.56 Å². The van der Waals surface area contributed by atoms with E-state index in [-0.39, 0.29) is 12.4 Å². The molecule has 9 heteroatoms. The van der Waals surface area contributed by atoms with Gasteiger partial charge in [0, 0.05) is 19.5 Å². The summed E-state index contributed by atoms with van der Waals surface area (Å²) in [6.07, 6.45) is 0.542. The summed E-state index contributed by atoms with van der Waals surface area (Å²) in [6.45, 7) is 1.48. The molecule has 3 rings (SSSR count). The van der Waals surface area contributed by atoms with E-state index in [2.05, 4.69) is 14.9 Å². The fourth-order valence-electron chi connectivity index (χ4n) is 2.24. The fraction of sp³-hybridized carbons (Fsp3) is 0.429. The maximum atomic E-state index is 12.1. The van der Waals surface area contributed by atoms with Gasteiger partial charge in [0.1, 0.15) is 0 Å². The molecule has 0 saturated carbocycles. The first-order valence-electron chi connectivity index (χ1n) is 7.31. The van der Waals surface area contributed by atoms with Gasteiger partial charge in [0.2, 0.25) is 5.89 Å². The summed E-state index contributed by atoms with van der Waals surface area (Å²) in [7, 11) is -3.56. The van der Waals surface area contributed by atoms with Gasteiger partial charge in [-0.1, -0.05) is 35.5 Å². The number of hydrogen-bond donors (Lipinski definition) is 1. The SMILES string of the molecule is O=S(=O)(NCc1nc(Cc2ccccc2)no1)N1CCOCC1. The van der Waals surface area contributed by atoms with Crippen LogP contribution in [0.15, 0.2) is 34.9 Å². The van der Waals surface area contributed by atoms with E-state index >= 15 is 0 Å². The van der Waals surface area contributed by atoms with Gasteiger partial charge >= 0.3 is 0 Å². The molecule has 2 heterocycles. The zero-order valence-corrected chi connectivity index (χ0v) is 13.3. The number of nitrogens with zero attached hydrogens (tertiary/aromatic N) is 3. The summed E-state index contributed by atoms with van der Waals surface area (Å²) in [4.78, 5) is 4.21. The van der Waals surface area contributed by atoms with Crippen molar-refractivity contribution in [3.63, 3.8) is 0 Å². The fourth-order valence-corrected chi connectivity index (χ4v) is 3.36. The molecule has 1 aliphatic heterocycles. The Kier molecular flexibility index (Phi) is 5.01. The molecule has 0 aliphatic carbocycles. The van der Waals surface area contributed by atoms with Gasteiger partial charge in [0.05, 0.1) is 19.8 Å². The van der Waals surface area contributed by atoms with Gasteiger partial charge in [-0.25, -0.2) is 0 Å². The summed E-state index contributed by atoms with van der Waals surface area (Å²) in [6, 6.07) is 9.75. The summed E-state index contributed by atoms with van der Waals surface area (Å²) in [5, 5.41) is 3.87. The van der Waals surface area contributed by atoms with E-state index in [1.165, 1.54) is 4.31 Å². The Morgan fingerprint density at radius 3 is 2.65 bits per heavy atom. The topological polar surface area (TPSA) is 97.6 Å². The molecule has 1 aromatic heterocycles. The van der Waals surface area contributed by atoms with E-state index in [9.17, 15) is 8.42 Å². The van der Waals surface area contributed by atoms with Crippen molar-refractivity contribution in [2.75, 3.05) is 26.3 Å². The number of ether oxygens (including phenoxy) is 1. The third-order valence-corrected chi connectivity index (χ3v) is 4.99. The first kappa shape index (κ1) is 16.1. The first-order chi connectivity index (χ1) is 11.1. The average Bonchev–Trinajstić information content (AvgIpc) is 3.02. The summed E-state index contributed by atoms with van der Waals surface area (Å²) in [5.74, 6) is 0.768. The zero-order valence-electron chi connectivity index (χ0n) is 12.5. The molecule has 0 radical (unpaired) electrons. The van der Waals surface area contributed by atoms with Crippen LogP contribution in [0.25, 0.3) is 0 Å². The van der Waals surface area contributed by atoms with Crippen LogP contribution in [0.1, 0.15) is 17.3 Å². The minimum Gasteiger partial charge on any atom is -0.379 e. The van der Waals surface area contributed by atoms with Crippen molar-refractivity contribution < 1.29 is 17.7 Å². The van der Waals surface area contributed by atoms with Crippen molar-refractivity contribution in [3.05, 3.63) is 47.6 Å². The van der Waals surface area contributed by atoms with E-state index in [1.807, 2.05) is 30.3 Å². The predicted molar refractivity (Wildman–Crippen MR) is 81.7 cm³/mol. The number of rotatable bonds is 6. The van der Waals surface area contributed by atoms with Crippen LogP contribution in [0, 0.1) is 0 Å². The lowest BCUT2D eigenvalue weighted by Gasteiger charge is -2.25. The highest BCUT2D eigenvalue weighted by Crippen LogP contribution is 2.08. The number of morpholine rings is 1. The summed E-state index contributed by atoms with van der Waals surface area (Å²) < 4.78 is 38.3. The van der Waals surface area contributed by atoms with Crippen molar-refractivity contribution in [1.82, 2.24) is 19.2 Å². The first-order valence-corrected chi connectivity index (χ1v) is 8.75. The van der Waals surface area contributed by atoms with Gasteiger partial charge < -0.3 is 9.26 Å². The predicted octanol–water partition coefficient (Wildman–Crippen LogP) is 0.327. The Bertz CT molecular complexity index is 726. The Balaban J connectivity index is 1.56. The number of benzene rings is 1. The number of nitrogens with one attached hydrogen (secondary N) is 1. The Labute approximate surface area is 134 Å². The van der Waals surface area contributed by atoms with Crippen LogP contribution >= 0.6 is 0 Å². The lowest BCUT2D eigenvalue weighted by Crippen LogP contribution is -2.46. The molecule has 0 atom stereocenters. The average molecular weight is 338 g/mol. The van der Waals surface area contributed by atoms with Crippen molar-refractivity contribution in [1.29, 1.82) is 0 Å². The molecule has 0 spiro atoms. The van der Waals surface area contributed by atoms with Crippen LogP contribution in [0.4, 0.5) is 0 Å². The molecule has 1 fully saturated rings. The second-order valence-corrected chi connectivity index (χ2v) is 6.86. The molecule has 0 bridgehead atoms. The standard InChI is InChI=1S/C14H18N4O4S/c19-23(20,18-6-8-21-9-7-18)15-11-14-16-13(17-22-14)10-12-4-2-1-3-5-12/h1-5,15H,6-11H2. The molecule has 8 nitrogen and oxygen atoms in total. The molecule has 1 saturated heterocycles. The van der Waals surface area contributed by atoms with Crippen LogP contribution in [-0.4, -0.2) is 49.2 Å². The maximum Gasteiger partial charge on any atom is 0.280 e. The maximum absolute atomic E-state index is 12.1. The van der Waals surface area contributed by atoms with E-state index in [0.29, 0.717) is 38.5 Å². The van der Waals surface area contributed by atoms with E-state index in [1.54, 1.807) is 0 Å². The summed E-state index contributed by atoms with van der Waals surface area (Å²) >= 11 is 0. The second kappa shape index (κ2) is 7.18. The lowest BCUT2D eigenvalue weighted by atomic mass is 10.1. The van der Waals surface area contributed by atoms with Gasteiger partial charge in [-0.15, -0.1) is 0 Å². The normalized spacial score (nSPS) is 16.5. The summed E-state index contributed by atoms with van der Waals surface area (Å²) in [5.41, 5.74) is 1.06. The molecule has 0 amide bonds. The molecule has 1 aromatic carbocycles. The Morgan fingerprint density at radius 2 is 1.91 bits per heavy atom. The quantitative estimate of drug-likeness (QED) is 0.815. The van der Waals surface area contributed by atoms with E-state index in [4.69, 9.17) is 9.26 Å². The highest BCUT2D eigenvalue weighted by atomic mass is 32.2. The molecular weight excluding hydrogens is 320 g/mol. The Hall–Kier alpha value is -1.81. The van der Waals surface area contributed by atoms with Gasteiger partial charge in [0.25, 0.3) is 10.2 Å². The number of hydrogen-bond acceptors (Lipinski definition) is 6. The van der Waals surface area contributed by atoms with Gasteiger partial charge in [-0.05, 0) is 5.56 Å². The van der Waals surface area contributed by atoms with Crippen LogP contribution < -0.4 is 4.72 Å². The van der Waals surface area contributed by atoms with Crippen molar-refractivity contribution >= 4 is 10.2 Å². The van der Waals surface area contributed by atoms with Gasteiger partial charge in [-0.2, -0.15) is 22.4 Å². The highest BCUT2D eigenvalue weighted by Gasteiger charge is 2.24. The van der Waals surface area contributed by atoms with Gasteiger partial charge in [-0.3, -0.25) is 0 Å². The largest absolute Gasteiger partial charge is 0.379 e. The molecule has 2 aromatic rings. The third kappa shape index (κ3) is 4.35. The Morgan fingerprint density at radius 1 is 1.17 bits per heavy atom. The molecule has 124 valence electrons. The lowest BCUT2D eigenvalue weighted by molar-refractivity contribution is 0.0724. The van der Waals surface area contributed by atoms with Crippen molar-refractivity contribution in [3.8, 4) is 0 Å². The minimum absolute atomic E-state index is 0.0263. The van der Waals surface area contributed by atoms with Crippen molar-refractivity contribution in [2.24, 2.45) is 0 Å². The van der Waals surface area contributed by atoms with Crippen molar-refractivity contribution in [2.45, 2.75) is 13.0 Å². The smallest absolute Gasteiger partial charge is 0.280 e. The number of aromatic nitrogens is 2. The van der Waals surface area contributed by atoms with Gasteiger partial charge in [0.15, 0.2) is 5.82 Å². The van der Waals surface area contributed by atoms with Crippen LogP contribution in [-0.2, 0) is 27.9 Å². The molecule has 23 heavy (non-hydrogen) atoms.